The first kappa shape index (κ1) is 14.6. The molecule has 5 heteroatoms. The lowest BCUT2D eigenvalue weighted by atomic mass is 9.81. The topological polar surface area (TPSA) is 59.0 Å². The van der Waals surface area contributed by atoms with Gasteiger partial charge in [-0.15, -0.1) is 0 Å². The third kappa shape index (κ3) is 2.84. The summed E-state index contributed by atoms with van der Waals surface area (Å²) in [6.45, 7) is 4.14. The molecule has 0 saturated carbocycles. The van der Waals surface area contributed by atoms with Crippen LogP contribution in [0.1, 0.15) is 36.2 Å². The van der Waals surface area contributed by atoms with Gasteiger partial charge < -0.3 is 5.32 Å². The van der Waals surface area contributed by atoms with Crippen LogP contribution in [0.2, 0.25) is 0 Å². The number of nitrogens with one attached hydrogen (secondary N) is 2. The van der Waals surface area contributed by atoms with Gasteiger partial charge in [0, 0.05) is 18.8 Å². The second-order valence-corrected chi connectivity index (χ2v) is 6.09. The molecule has 2 N–H and O–H groups in total. The van der Waals surface area contributed by atoms with Gasteiger partial charge in [-0.2, -0.15) is 5.10 Å². The zero-order valence-electron chi connectivity index (χ0n) is 13.3. The van der Waals surface area contributed by atoms with Crippen molar-refractivity contribution in [3.63, 3.8) is 0 Å². The number of amides is 2. The van der Waals surface area contributed by atoms with E-state index in [0.717, 1.165) is 18.5 Å². The van der Waals surface area contributed by atoms with Gasteiger partial charge in [0.25, 0.3) is 0 Å². The summed E-state index contributed by atoms with van der Waals surface area (Å²) in [5.41, 5.74) is 3.57. The molecule has 5 nitrogen and oxygen atoms in total. The molecule has 0 radical (unpaired) electrons. The number of hydrogen-bond donors (Lipinski definition) is 2. The number of nitrogens with zero attached hydrogens (tertiary/aromatic N) is 2. The molecule has 1 aliphatic rings. The average Bonchev–Trinajstić information content (AvgIpc) is 2.80. The zero-order valence-corrected chi connectivity index (χ0v) is 13.3. The van der Waals surface area contributed by atoms with Crippen molar-refractivity contribution in [3.8, 4) is 0 Å². The molecule has 2 amide bonds. The lowest BCUT2D eigenvalue weighted by molar-refractivity contribution is 0.241. The summed E-state index contributed by atoms with van der Waals surface area (Å²) in [7, 11) is 1.86. The van der Waals surface area contributed by atoms with Crippen molar-refractivity contribution in [2.24, 2.45) is 13.0 Å². The number of carbonyl (C=O) groups is 1. The Labute approximate surface area is 130 Å². The Hall–Kier alpha value is -2.30. The highest BCUT2D eigenvalue weighted by Crippen LogP contribution is 2.33. The van der Waals surface area contributed by atoms with Gasteiger partial charge in [0.15, 0.2) is 5.82 Å². The number of aromatic nitrogens is 2. The van der Waals surface area contributed by atoms with Gasteiger partial charge in [0.1, 0.15) is 0 Å². The SMILES string of the molecule is Cc1cc(NC(=O)NC2c3ccccc3CCC2C)nn1C. The number of hydrogen-bond acceptors (Lipinski definition) is 2. The highest BCUT2D eigenvalue weighted by Gasteiger charge is 2.27. The van der Waals surface area contributed by atoms with Crippen molar-refractivity contribution in [1.82, 2.24) is 15.1 Å². The molecule has 0 bridgehead atoms. The second kappa shape index (κ2) is 5.83. The van der Waals surface area contributed by atoms with E-state index in [2.05, 4.69) is 40.9 Å². The van der Waals surface area contributed by atoms with Crippen LogP contribution in [0, 0.1) is 12.8 Å². The Bertz CT molecular complexity index is 672. The molecule has 0 aliphatic heterocycles. The number of rotatable bonds is 2. The first-order chi connectivity index (χ1) is 10.5. The summed E-state index contributed by atoms with van der Waals surface area (Å²) >= 11 is 0. The quantitative estimate of drug-likeness (QED) is 0.894. The number of carbonyl (C=O) groups excluding carboxylic acids is 1. The van der Waals surface area contributed by atoms with Gasteiger partial charge in [0.2, 0.25) is 0 Å². The van der Waals surface area contributed by atoms with Crippen molar-refractivity contribution in [2.75, 3.05) is 5.32 Å². The molecule has 22 heavy (non-hydrogen) atoms. The van der Waals surface area contributed by atoms with Gasteiger partial charge in [-0.05, 0) is 36.8 Å². The molecule has 2 unspecified atom stereocenters. The fraction of sp³-hybridized carbons (Fsp3) is 0.412. The zero-order chi connectivity index (χ0) is 15.7. The predicted molar refractivity (Wildman–Crippen MR) is 86.8 cm³/mol. The van der Waals surface area contributed by atoms with Gasteiger partial charge in [-0.3, -0.25) is 10.00 Å². The van der Waals surface area contributed by atoms with E-state index >= 15 is 0 Å². The maximum absolute atomic E-state index is 12.3. The maximum atomic E-state index is 12.3. The van der Waals surface area contributed by atoms with E-state index in [1.54, 1.807) is 4.68 Å². The third-order valence-corrected chi connectivity index (χ3v) is 4.47. The molecule has 116 valence electrons. The molecule has 1 aliphatic carbocycles. The minimum atomic E-state index is -0.202. The molecule has 0 fully saturated rings. The van der Waals surface area contributed by atoms with E-state index in [1.165, 1.54) is 11.1 Å². The van der Waals surface area contributed by atoms with Crippen molar-refractivity contribution in [3.05, 3.63) is 47.2 Å². The van der Waals surface area contributed by atoms with Crippen LogP contribution in [0.5, 0.6) is 0 Å². The first-order valence-electron chi connectivity index (χ1n) is 7.70. The summed E-state index contributed by atoms with van der Waals surface area (Å²) in [6, 6.07) is 10.1. The van der Waals surface area contributed by atoms with Crippen molar-refractivity contribution in [1.29, 1.82) is 0 Å². The van der Waals surface area contributed by atoms with E-state index in [-0.39, 0.29) is 12.1 Å². The van der Waals surface area contributed by atoms with Crippen LogP contribution in [-0.4, -0.2) is 15.8 Å². The Morgan fingerprint density at radius 2 is 2.14 bits per heavy atom. The van der Waals surface area contributed by atoms with Crippen LogP contribution < -0.4 is 10.6 Å². The molecular weight excluding hydrogens is 276 g/mol. The molecule has 1 heterocycles. The molecule has 2 aromatic rings. The van der Waals surface area contributed by atoms with E-state index in [9.17, 15) is 4.79 Å². The standard InChI is InChI=1S/C17H22N4O/c1-11-8-9-13-6-4-5-7-14(13)16(11)19-17(22)18-15-10-12(2)21(3)20-15/h4-7,10-11,16H,8-9H2,1-3H3,(H2,18,19,20,22). The van der Waals surface area contributed by atoms with Crippen LogP contribution in [-0.2, 0) is 13.5 Å². The summed E-state index contributed by atoms with van der Waals surface area (Å²) in [4.78, 5) is 12.3. The number of fused-ring (bicyclic) bond motifs is 1. The van der Waals surface area contributed by atoms with Gasteiger partial charge >= 0.3 is 6.03 Å². The van der Waals surface area contributed by atoms with E-state index in [4.69, 9.17) is 0 Å². The van der Waals surface area contributed by atoms with Crippen LogP contribution in [0.3, 0.4) is 0 Å². The largest absolute Gasteiger partial charge is 0.331 e. The van der Waals surface area contributed by atoms with E-state index < -0.39 is 0 Å². The number of aryl methyl sites for hydroxylation is 3. The highest BCUT2D eigenvalue weighted by atomic mass is 16.2. The molecule has 1 aromatic carbocycles. The van der Waals surface area contributed by atoms with Crippen molar-refractivity contribution in [2.45, 2.75) is 32.7 Å². The monoisotopic (exact) mass is 298 g/mol. The van der Waals surface area contributed by atoms with E-state index in [0.29, 0.717) is 11.7 Å². The van der Waals surface area contributed by atoms with Crippen LogP contribution in [0.25, 0.3) is 0 Å². The van der Waals surface area contributed by atoms with Crippen molar-refractivity contribution >= 4 is 11.8 Å². The van der Waals surface area contributed by atoms with Gasteiger partial charge in [-0.1, -0.05) is 31.2 Å². The Kier molecular flexibility index (Phi) is 3.88. The number of anilines is 1. The van der Waals surface area contributed by atoms with Gasteiger partial charge in [0.05, 0.1) is 6.04 Å². The summed E-state index contributed by atoms with van der Waals surface area (Å²) in [5, 5.41) is 10.2. The lowest BCUT2D eigenvalue weighted by Crippen LogP contribution is -2.38. The Morgan fingerprint density at radius 3 is 2.86 bits per heavy atom. The Morgan fingerprint density at radius 1 is 1.36 bits per heavy atom. The molecule has 1 aromatic heterocycles. The van der Waals surface area contributed by atoms with Crippen LogP contribution in [0.15, 0.2) is 30.3 Å². The highest BCUT2D eigenvalue weighted by molar-refractivity contribution is 5.88. The minimum absolute atomic E-state index is 0.0507. The maximum Gasteiger partial charge on any atom is 0.320 e. The van der Waals surface area contributed by atoms with Crippen LogP contribution in [0.4, 0.5) is 10.6 Å². The number of benzene rings is 1. The number of urea groups is 1. The Balaban J connectivity index is 1.73. The van der Waals surface area contributed by atoms with Gasteiger partial charge in [-0.25, -0.2) is 4.79 Å². The fourth-order valence-corrected chi connectivity index (χ4v) is 3.06. The fourth-order valence-electron chi connectivity index (χ4n) is 3.06. The normalized spacial score (nSPS) is 20.3. The molecule has 2 atom stereocenters. The average molecular weight is 298 g/mol. The summed E-state index contributed by atoms with van der Waals surface area (Å²) in [6.07, 6.45) is 2.17. The molecule has 0 spiro atoms. The lowest BCUT2D eigenvalue weighted by Gasteiger charge is -2.32. The van der Waals surface area contributed by atoms with Crippen molar-refractivity contribution < 1.29 is 4.79 Å². The first-order valence-corrected chi connectivity index (χ1v) is 7.70. The molecular formula is C17H22N4O. The summed E-state index contributed by atoms with van der Waals surface area (Å²) in [5.74, 6) is 1.00. The third-order valence-electron chi connectivity index (χ3n) is 4.47. The molecule has 0 saturated heterocycles. The summed E-state index contributed by atoms with van der Waals surface area (Å²) < 4.78 is 1.74. The predicted octanol–water partition coefficient (Wildman–Crippen LogP) is 3.17. The van der Waals surface area contributed by atoms with E-state index in [1.807, 2.05) is 26.1 Å². The van der Waals surface area contributed by atoms with Crippen LogP contribution >= 0.6 is 0 Å². The minimum Gasteiger partial charge on any atom is -0.331 e. The second-order valence-electron chi connectivity index (χ2n) is 6.09. The molecule has 3 rings (SSSR count). The smallest absolute Gasteiger partial charge is 0.320 e.